The van der Waals surface area contributed by atoms with Gasteiger partial charge >= 0.3 is 0 Å². The lowest BCUT2D eigenvalue weighted by atomic mass is 9.96. The van der Waals surface area contributed by atoms with Crippen molar-refractivity contribution in [1.29, 1.82) is 0 Å². The van der Waals surface area contributed by atoms with E-state index < -0.39 is 0 Å². The molecule has 0 aliphatic heterocycles. The Hall–Kier alpha value is -1.54. The first-order valence-corrected chi connectivity index (χ1v) is 6.38. The lowest BCUT2D eigenvalue weighted by Crippen LogP contribution is -2.26. The Kier molecular flexibility index (Phi) is 3.58. The second kappa shape index (κ2) is 4.99. The summed E-state index contributed by atoms with van der Waals surface area (Å²) in [5, 5.41) is 15.7. The van der Waals surface area contributed by atoms with E-state index in [2.05, 4.69) is 38.2 Å². The van der Waals surface area contributed by atoms with E-state index in [9.17, 15) is 5.11 Å². The van der Waals surface area contributed by atoms with Crippen molar-refractivity contribution >= 4 is 10.8 Å². The molecule has 0 aliphatic carbocycles. The van der Waals surface area contributed by atoms with Crippen LogP contribution in [0.25, 0.3) is 10.8 Å². The van der Waals surface area contributed by atoms with Gasteiger partial charge in [-0.2, -0.15) is 0 Å². The average Bonchev–Trinajstić information content (AvgIpc) is 2.31. The van der Waals surface area contributed by atoms with Gasteiger partial charge < -0.3 is 10.4 Å². The zero-order valence-electron chi connectivity index (χ0n) is 11.3. The molecule has 2 aromatic carbocycles. The highest BCUT2D eigenvalue weighted by Gasteiger charge is 2.11. The molecule has 18 heavy (non-hydrogen) atoms. The van der Waals surface area contributed by atoms with E-state index >= 15 is 0 Å². The summed E-state index contributed by atoms with van der Waals surface area (Å²) in [6.45, 7) is 8.22. The molecular formula is C16H21NO. The highest BCUT2D eigenvalue weighted by molar-refractivity contribution is 5.87. The van der Waals surface area contributed by atoms with Crippen molar-refractivity contribution in [1.82, 2.24) is 5.32 Å². The Morgan fingerprint density at radius 1 is 1.06 bits per heavy atom. The number of benzene rings is 2. The number of hydrogen-bond acceptors (Lipinski definition) is 2. The summed E-state index contributed by atoms with van der Waals surface area (Å²) >= 11 is 0. The zero-order chi connectivity index (χ0) is 13.2. The van der Waals surface area contributed by atoms with Gasteiger partial charge in [-0.25, -0.2) is 0 Å². The Labute approximate surface area is 109 Å². The Morgan fingerprint density at radius 3 is 2.50 bits per heavy atom. The van der Waals surface area contributed by atoms with Crippen molar-refractivity contribution in [2.75, 3.05) is 6.54 Å². The minimum Gasteiger partial charge on any atom is -0.508 e. The molecule has 96 valence electrons. The minimum absolute atomic E-state index is 0.250. The monoisotopic (exact) mass is 243 g/mol. The standard InChI is InChI=1S/C16H21NO/c1-16(2,3)11-17-10-14-13-7-5-4-6-12(13)8-9-15(14)18/h4-9,17-18H,10-11H2,1-3H3. The number of phenols is 1. The second-order valence-electron chi connectivity index (χ2n) is 5.95. The predicted molar refractivity (Wildman–Crippen MR) is 76.8 cm³/mol. The topological polar surface area (TPSA) is 32.3 Å². The SMILES string of the molecule is CC(C)(C)CNCc1c(O)ccc2ccccc12. The van der Waals surface area contributed by atoms with Gasteiger partial charge in [-0.1, -0.05) is 51.1 Å². The first-order chi connectivity index (χ1) is 8.47. The van der Waals surface area contributed by atoms with Crippen molar-refractivity contribution in [3.63, 3.8) is 0 Å². The first-order valence-electron chi connectivity index (χ1n) is 6.38. The van der Waals surface area contributed by atoms with Gasteiger partial charge in [0.05, 0.1) is 0 Å². The van der Waals surface area contributed by atoms with Crippen LogP contribution >= 0.6 is 0 Å². The van der Waals surface area contributed by atoms with Gasteiger partial charge in [0.2, 0.25) is 0 Å². The van der Waals surface area contributed by atoms with Crippen molar-refractivity contribution < 1.29 is 5.11 Å². The molecule has 0 heterocycles. The maximum atomic E-state index is 10.00. The summed E-state index contributed by atoms with van der Waals surface area (Å²) in [6.07, 6.45) is 0. The Bertz CT molecular complexity index is 540. The smallest absolute Gasteiger partial charge is 0.120 e. The molecule has 0 unspecified atom stereocenters. The third kappa shape index (κ3) is 3.02. The fraction of sp³-hybridized carbons (Fsp3) is 0.375. The highest BCUT2D eigenvalue weighted by Crippen LogP contribution is 2.27. The molecule has 2 heteroatoms. The molecule has 2 rings (SSSR count). The number of phenolic OH excluding ortho intramolecular Hbond substituents is 1. The molecule has 0 radical (unpaired) electrons. The lowest BCUT2D eigenvalue weighted by molar-refractivity contribution is 0.377. The van der Waals surface area contributed by atoms with Gasteiger partial charge in [0.1, 0.15) is 5.75 Å². The van der Waals surface area contributed by atoms with Gasteiger partial charge in [-0.15, -0.1) is 0 Å². The van der Waals surface area contributed by atoms with E-state index in [0.717, 1.165) is 17.5 Å². The van der Waals surface area contributed by atoms with Crippen LogP contribution < -0.4 is 5.32 Å². The van der Waals surface area contributed by atoms with Crippen LogP contribution in [0.15, 0.2) is 36.4 Å². The largest absolute Gasteiger partial charge is 0.508 e. The molecule has 2 nitrogen and oxygen atoms in total. The first kappa shape index (κ1) is 12.9. The molecule has 0 spiro atoms. The average molecular weight is 243 g/mol. The van der Waals surface area contributed by atoms with Crippen LogP contribution in [0.4, 0.5) is 0 Å². The molecule has 2 N–H and O–H groups in total. The normalized spacial score (nSPS) is 11.9. The van der Waals surface area contributed by atoms with E-state index in [1.807, 2.05) is 18.2 Å². The molecule has 2 aromatic rings. The quantitative estimate of drug-likeness (QED) is 0.862. The van der Waals surface area contributed by atoms with Crippen LogP contribution in [-0.2, 0) is 6.54 Å². The van der Waals surface area contributed by atoms with E-state index in [0.29, 0.717) is 12.3 Å². The van der Waals surface area contributed by atoms with Crippen LogP contribution in [0, 0.1) is 5.41 Å². The van der Waals surface area contributed by atoms with Gasteiger partial charge in [0, 0.05) is 18.7 Å². The van der Waals surface area contributed by atoms with Gasteiger partial charge in [-0.05, 0) is 22.3 Å². The molecule has 0 saturated carbocycles. The van der Waals surface area contributed by atoms with Crippen molar-refractivity contribution in [2.24, 2.45) is 5.41 Å². The molecule has 0 fully saturated rings. The molecule has 0 saturated heterocycles. The van der Waals surface area contributed by atoms with Crippen molar-refractivity contribution in [2.45, 2.75) is 27.3 Å². The van der Waals surface area contributed by atoms with Gasteiger partial charge in [0.15, 0.2) is 0 Å². The number of fused-ring (bicyclic) bond motifs is 1. The predicted octanol–water partition coefficient (Wildman–Crippen LogP) is 3.68. The molecule has 0 amide bonds. The Morgan fingerprint density at radius 2 is 1.78 bits per heavy atom. The summed E-state index contributed by atoms with van der Waals surface area (Å²) in [7, 11) is 0. The number of nitrogens with one attached hydrogen (secondary N) is 1. The fourth-order valence-corrected chi connectivity index (χ4v) is 2.07. The summed E-state index contributed by atoms with van der Waals surface area (Å²) < 4.78 is 0. The van der Waals surface area contributed by atoms with E-state index in [-0.39, 0.29) is 5.41 Å². The summed E-state index contributed by atoms with van der Waals surface area (Å²) in [5.74, 6) is 0.370. The number of aromatic hydroxyl groups is 1. The van der Waals surface area contributed by atoms with Gasteiger partial charge in [0.25, 0.3) is 0 Å². The lowest BCUT2D eigenvalue weighted by Gasteiger charge is -2.19. The Balaban J connectivity index is 2.24. The maximum absolute atomic E-state index is 10.00. The van der Waals surface area contributed by atoms with Crippen LogP contribution in [-0.4, -0.2) is 11.7 Å². The maximum Gasteiger partial charge on any atom is 0.120 e. The van der Waals surface area contributed by atoms with Crippen molar-refractivity contribution in [3.05, 3.63) is 42.0 Å². The molecule has 0 aliphatic rings. The van der Waals surface area contributed by atoms with Crippen LogP contribution in [0.5, 0.6) is 5.75 Å². The second-order valence-corrected chi connectivity index (χ2v) is 5.95. The minimum atomic E-state index is 0.250. The van der Waals surface area contributed by atoms with E-state index in [1.165, 1.54) is 5.39 Å². The molecule has 0 atom stereocenters. The number of hydrogen-bond donors (Lipinski definition) is 2. The third-order valence-electron chi connectivity index (χ3n) is 2.97. The van der Waals surface area contributed by atoms with E-state index in [1.54, 1.807) is 6.07 Å². The highest BCUT2D eigenvalue weighted by atomic mass is 16.3. The van der Waals surface area contributed by atoms with Crippen LogP contribution in [0.2, 0.25) is 0 Å². The number of rotatable bonds is 3. The van der Waals surface area contributed by atoms with E-state index in [4.69, 9.17) is 0 Å². The summed E-state index contributed by atoms with van der Waals surface area (Å²) in [6, 6.07) is 11.9. The molecular weight excluding hydrogens is 222 g/mol. The third-order valence-corrected chi connectivity index (χ3v) is 2.97. The van der Waals surface area contributed by atoms with Crippen LogP contribution in [0.3, 0.4) is 0 Å². The summed E-state index contributed by atoms with van der Waals surface area (Å²) in [4.78, 5) is 0. The van der Waals surface area contributed by atoms with Crippen molar-refractivity contribution in [3.8, 4) is 5.75 Å². The zero-order valence-corrected chi connectivity index (χ0v) is 11.3. The fourth-order valence-electron chi connectivity index (χ4n) is 2.07. The molecule has 0 bridgehead atoms. The summed E-state index contributed by atoms with van der Waals surface area (Å²) in [5.41, 5.74) is 1.23. The van der Waals surface area contributed by atoms with Gasteiger partial charge in [-0.3, -0.25) is 0 Å². The van der Waals surface area contributed by atoms with Crippen LogP contribution in [0.1, 0.15) is 26.3 Å². The molecule has 0 aromatic heterocycles.